The summed E-state index contributed by atoms with van der Waals surface area (Å²) in [6.07, 6.45) is 5.35. The van der Waals surface area contributed by atoms with Gasteiger partial charge >= 0.3 is 0 Å². The van der Waals surface area contributed by atoms with Gasteiger partial charge in [0, 0.05) is 12.6 Å². The number of aromatic nitrogens is 2. The van der Waals surface area contributed by atoms with Crippen LogP contribution in [0.4, 0.5) is 5.82 Å². The van der Waals surface area contributed by atoms with Gasteiger partial charge in [-0.2, -0.15) is 0 Å². The Kier molecular flexibility index (Phi) is 3.36. The van der Waals surface area contributed by atoms with Crippen LogP contribution in [0.5, 0.6) is 0 Å². The number of carbonyl (C=O) groups excluding carboxylic acids is 1. The Morgan fingerprint density at radius 1 is 1.32 bits per heavy atom. The Balaban J connectivity index is 1.61. The second-order valence-corrected chi connectivity index (χ2v) is 5.59. The lowest BCUT2D eigenvalue weighted by atomic mass is 9.95. The molecule has 5 heteroatoms. The van der Waals surface area contributed by atoms with E-state index in [1.54, 1.807) is 6.07 Å². The van der Waals surface area contributed by atoms with Crippen LogP contribution < -0.4 is 10.6 Å². The van der Waals surface area contributed by atoms with Gasteiger partial charge < -0.3 is 10.6 Å². The predicted molar refractivity (Wildman–Crippen MR) is 72.9 cm³/mol. The highest BCUT2D eigenvalue weighted by molar-refractivity contribution is 5.92. The standard InChI is InChI=1S/C14H20N4O/c1-2-15-14(19)11-5-6-13(18-17-11)16-12-8-9-3-4-10(12)7-9/h5-6,9-10,12H,2-4,7-8H2,1H3,(H,15,19)(H,16,18). The van der Waals surface area contributed by atoms with Crippen LogP contribution in [0, 0.1) is 11.8 Å². The number of hydrogen-bond acceptors (Lipinski definition) is 4. The van der Waals surface area contributed by atoms with E-state index >= 15 is 0 Å². The monoisotopic (exact) mass is 260 g/mol. The van der Waals surface area contributed by atoms with Crippen molar-refractivity contribution in [3.63, 3.8) is 0 Å². The molecule has 0 aromatic carbocycles. The van der Waals surface area contributed by atoms with E-state index in [1.165, 1.54) is 25.7 Å². The number of anilines is 1. The zero-order chi connectivity index (χ0) is 13.2. The summed E-state index contributed by atoms with van der Waals surface area (Å²) >= 11 is 0. The zero-order valence-electron chi connectivity index (χ0n) is 11.2. The minimum absolute atomic E-state index is 0.165. The highest BCUT2D eigenvalue weighted by Gasteiger charge is 2.39. The molecule has 2 aliphatic carbocycles. The third-order valence-corrected chi connectivity index (χ3v) is 4.31. The first kappa shape index (κ1) is 12.4. The highest BCUT2D eigenvalue weighted by atomic mass is 16.1. The molecule has 1 aromatic heterocycles. The largest absolute Gasteiger partial charge is 0.366 e. The first-order valence-corrected chi connectivity index (χ1v) is 7.14. The zero-order valence-corrected chi connectivity index (χ0v) is 11.2. The van der Waals surface area contributed by atoms with Crippen LogP contribution in [0.2, 0.25) is 0 Å². The quantitative estimate of drug-likeness (QED) is 0.866. The van der Waals surface area contributed by atoms with Crippen molar-refractivity contribution >= 4 is 11.7 Å². The Morgan fingerprint density at radius 2 is 2.21 bits per heavy atom. The molecule has 0 radical (unpaired) electrons. The van der Waals surface area contributed by atoms with Crippen molar-refractivity contribution in [1.29, 1.82) is 0 Å². The molecule has 1 amide bonds. The number of hydrogen-bond donors (Lipinski definition) is 2. The van der Waals surface area contributed by atoms with Crippen molar-refractivity contribution in [2.24, 2.45) is 11.8 Å². The molecule has 0 saturated heterocycles. The third-order valence-electron chi connectivity index (χ3n) is 4.31. The summed E-state index contributed by atoms with van der Waals surface area (Å²) in [4.78, 5) is 11.6. The SMILES string of the molecule is CCNC(=O)c1ccc(NC2CC3CCC2C3)nn1. The van der Waals surface area contributed by atoms with Gasteiger partial charge in [-0.25, -0.2) is 0 Å². The molecule has 102 valence electrons. The van der Waals surface area contributed by atoms with Crippen molar-refractivity contribution in [3.05, 3.63) is 17.8 Å². The summed E-state index contributed by atoms with van der Waals surface area (Å²) in [6.45, 7) is 2.49. The smallest absolute Gasteiger partial charge is 0.271 e. The number of nitrogens with zero attached hydrogens (tertiary/aromatic N) is 2. The van der Waals surface area contributed by atoms with E-state index in [9.17, 15) is 4.79 Å². The first-order chi connectivity index (χ1) is 9.26. The fraction of sp³-hybridized carbons (Fsp3) is 0.643. The summed E-state index contributed by atoms with van der Waals surface area (Å²) < 4.78 is 0. The molecule has 19 heavy (non-hydrogen) atoms. The molecule has 2 bridgehead atoms. The molecular formula is C14H20N4O. The van der Waals surface area contributed by atoms with Crippen LogP contribution in [0.1, 0.15) is 43.1 Å². The number of carbonyl (C=O) groups is 1. The van der Waals surface area contributed by atoms with Crippen molar-refractivity contribution in [2.45, 2.75) is 38.6 Å². The topological polar surface area (TPSA) is 66.9 Å². The molecule has 2 aliphatic rings. The fourth-order valence-corrected chi connectivity index (χ4v) is 3.39. The summed E-state index contributed by atoms with van der Waals surface area (Å²) in [5.41, 5.74) is 0.375. The third kappa shape index (κ3) is 2.55. The van der Waals surface area contributed by atoms with E-state index in [-0.39, 0.29) is 5.91 Å². The van der Waals surface area contributed by atoms with Gasteiger partial charge in [-0.05, 0) is 50.2 Å². The molecule has 3 atom stereocenters. The van der Waals surface area contributed by atoms with E-state index in [2.05, 4.69) is 20.8 Å². The van der Waals surface area contributed by atoms with Crippen LogP contribution in [0.3, 0.4) is 0 Å². The normalized spacial score (nSPS) is 28.4. The molecule has 3 unspecified atom stereocenters. The van der Waals surface area contributed by atoms with Gasteiger partial charge in [0.1, 0.15) is 5.82 Å². The maximum atomic E-state index is 11.6. The number of fused-ring (bicyclic) bond motifs is 2. The second kappa shape index (κ2) is 5.15. The molecule has 2 N–H and O–H groups in total. The van der Waals surface area contributed by atoms with Crippen molar-refractivity contribution in [3.8, 4) is 0 Å². The average molecular weight is 260 g/mol. The molecule has 5 nitrogen and oxygen atoms in total. The van der Waals surface area contributed by atoms with Crippen molar-refractivity contribution in [2.75, 3.05) is 11.9 Å². The minimum atomic E-state index is -0.165. The fourth-order valence-electron chi connectivity index (χ4n) is 3.39. The van der Waals surface area contributed by atoms with Gasteiger partial charge in [-0.15, -0.1) is 10.2 Å². The second-order valence-electron chi connectivity index (χ2n) is 5.59. The van der Waals surface area contributed by atoms with Gasteiger partial charge in [0.2, 0.25) is 0 Å². The minimum Gasteiger partial charge on any atom is -0.366 e. The van der Waals surface area contributed by atoms with E-state index in [0.717, 1.165) is 17.7 Å². The van der Waals surface area contributed by atoms with Crippen molar-refractivity contribution < 1.29 is 4.79 Å². The molecule has 0 aliphatic heterocycles. The summed E-state index contributed by atoms with van der Waals surface area (Å²) in [6, 6.07) is 4.13. The highest BCUT2D eigenvalue weighted by Crippen LogP contribution is 2.45. The number of amides is 1. The molecule has 3 rings (SSSR count). The maximum Gasteiger partial charge on any atom is 0.271 e. The van der Waals surface area contributed by atoms with Gasteiger partial charge in [0.25, 0.3) is 5.91 Å². The van der Waals surface area contributed by atoms with Gasteiger partial charge in [-0.3, -0.25) is 4.79 Å². The predicted octanol–water partition coefficient (Wildman–Crippen LogP) is 1.83. The molecule has 0 spiro atoms. The van der Waals surface area contributed by atoms with E-state index in [0.29, 0.717) is 18.3 Å². The first-order valence-electron chi connectivity index (χ1n) is 7.14. The Morgan fingerprint density at radius 3 is 2.79 bits per heavy atom. The van der Waals surface area contributed by atoms with Crippen LogP contribution >= 0.6 is 0 Å². The molecule has 1 heterocycles. The van der Waals surface area contributed by atoms with Crippen LogP contribution in [-0.2, 0) is 0 Å². The maximum absolute atomic E-state index is 11.6. The van der Waals surface area contributed by atoms with E-state index < -0.39 is 0 Å². The average Bonchev–Trinajstić information content (AvgIpc) is 3.02. The summed E-state index contributed by atoms with van der Waals surface area (Å²) in [5, 5.41) is 14.3. The lowest BCUT2D eigenvalue weighted by Crippen LogP contribution is -2.27. The van der Waals surface area contributed by atoms with E-state index in [4.69, 9.17) is 0 Å². The summed E-state index contributed by atoms with van der Waals surface area (Å²) in [5.74, 6) is 2.33. The van der Waals surface area contributed by atoms with Crippen LogP contribution in [-0.4, -0.2) is 28.7 Å². The van der Waals surface area contributed by atoms with Gasteiger partial charge in [0.05, 0.1) is 0 Å². The Hall–Kier alpha value is -1.65. The molecule has 1 aromatic rings. The van der Waals surface area contributed by atoms with Crippen molar-refractivity contribution in [1.82, 2.24) is 15.5 Å². The summed E-state index contributed by atoms with van der Waals surface area (Å²) in [7, 11) is 0. The van der Waals surface area contributed by atoms with Gasteiger partial charge in [-0.1, -0.05) is 6.42 Å². The van der Waals surface area contributed by atoms with Crippen LogP contribution in [0.15, 0.2) is 12.1 Å². The number of nitrogens with one attached hydrogen (secondary N) is 2. The van der Waals surface area contributed by atoms with Crippen LogP contribution in [0.25, 0.3) is 0 Å². The number of rotatable bonds is 4. The Labute approximate surface area is 113 Å². The lowest BCUT2D eigenvalue weighted by Gasteiger charge is -2.23. The lowest BCUT2D eigenvalue weighted by molar-refractivity contribution is 0.0950. The van der Waals surface area contributed by atoms with E-state index in [1.807, 2.05) is 13.0 Å². The van der Waals surface area contributed by atoms with Gasteiger partial charge in [0.15, 0.2) is 5.69 Å². The molecule has 2 fully saturated rings. The Bertz CT molecular complexity index is 459. The molecule has 2 saturated carbocycles. The molecular weight excluding hydrogens is 240 g/mol.